The Kier molecular flexibility index (Phi) is 6.13. The monoisotopic (exact) mass is 398 g/mol. The molecule has 2 fully saturated rings. The van der Waals surface area contributed by atoms with Crippen LogP contribution in [-0.2, 0) is 11.3 Å². The van der Waals surface area contributed by atoms with Crippen LogP contribution in [0.3, 0.4) is 0 Å². The van der Waals surface area contributed by atoms with Gasteiger partial charge in [0.2, 0.25) is 0 Å². The van der Waals surface area contributed by atoms with E-state index in [4.69, 9.17) is 9.47 Å². The Labute approximate surface area is 172 Å². The van der Waals surface area contributed by atoms with E-state index < -0.39 is 0 Å². The minimum absolute atomic E-state index is 0.0800. The summed E-state index contributed by atoms with van der Waals surface area (Å²) >= 11 is 0. The van der Waals surface area contributed by atoms with E-state index in [1.165, 1.54) is 0 Å². The largest absolute Gasteiger partial charge is 0.492 e. The molecule has 1 atom stereocenters. The van der Waals surface area contributed by atoms with E-state index in [9.17, 15) is 4.79 Å². The minimum Gasteiger partial charge on any atom is -0.492 e. The Bertz CT molecular complexity index is 799. The first-order chi connectivity index (χ1) is 14.2. The zero-order valence-corrected chi connectivity index (χ0v) is 17.1. The molecule has 2 saturated heterocycles. The highest BCUT2D eigenvalue weighted by Crippen LogP contribution is 2.39. The molecule has 4 rings (SSSR count). The van der Waals surface area contributed by atoms with Gasteiger partial charge < -0.3 is 14.4 Å². The van der Waals surface area contributed by atoms with E-state index in [0.29, 0.717) is 24.8 Å². The van der Waals surface area contributed by atoms with Crippen LogP contribution in [0.1, 0.15) is 49.5 Å². The number of ether oxygens (including phenoxy) is 2. The van der Waals surface area contributed by atoms with Crippen molar-refractivity contribution in [1.29, 1.82) is 0 Å². The highest BCUT2D eigenvalue weighted by molar-refractivity contribution is 5.92. The maximum atomic E-state index is 12.9. The van der Waals surface area contributed by atoms with Crippen molar-refractivity contribution in [2.45, 2.75) is 51.2 Å². The van der Waals surface area contributed by atoms with E-state index in [2.05, 4.69) is 10.1 Å². The fourth-order valence-corrected chi connectivity index (χ4v) is 4.55. The van der Waals surface area contributed by atoms with Crippen molar-refractivity contribution < 1.29 is 14.3 Å². The summed E-state index contributed by atoms with van der Waals surface area (Å²) in [5, 5.41) is 4.22. The van der Waals surface area contributed by atoms with E-state index in [-0.39, 0.29) is 11.5 Å². The molecule has 0 bridgehead atoms. The molecule has 1 amide bonds. The number of amides is 1. The summed E-state index contributed by atoms with van der Waals surface area (Å²) < 4.78 is 13.9. The number of nitrogens with zero attached hydrogens (tertiary/aromatic N) is 4. The molecule has 0 saturated carbocycles. The number of piperidine rings is 1. The normalized spacial score (nSPS) is 21.3. The van der Waals surface area contributed by atoms with Gasteiger partial charge in [0.25, 0.3) is 5.91 Å². The smallest absolute Gasteiger partial charge is 0.272 e. The molecule has 0 aliphatic carbocycles. The van der Waals surface area contributed by atoms with Crippen LogP contribution in [0.4, 0.5) is 0 Å². The Balaban J connectivity index is 1.28. The predicted octanol–water partition coefficient (Wildman–Crippen LogP) is 3.17. The molecule has 156 valence electrons. The van der Waals surface area contributed by atoms with Gasteiger partial charge in [-0.15, -0.1) is 0 Å². The SMILES string of the molecule is CCn1nccc1C(=O)N1CCC2(CC1)CC(CCOc1cccnc1)CCO2. The van der Waals surface area contributed by atoms with Crippen molar-refractivity contribution in [2.75, 3.05) is 26.3 Å². The van der Waals surface area contributed by atoms with E-state index in [0.717, 1.165) is 57.6 Å². The van der Waals surface area contributed by atoms with Crippen LogP contribution < -0.4 is 4.74 Å². The third kappa shape index (κ3) is 4.61. The highest BCUT2D eigenvalue weighted by atomic mass is 16.5. The highest BCUT2D eigenvalue weighted by Gasteiger charge is 2.41. The molecular formula is C22H30N4O3. The number of aromatic nitrogens is 3. The molecule has 7 nitrogen and oxygen atoms in total. The number of rotatable bonds is 6. The average Bonchev–Trinajstić information content (AvgIpc) is 3.24. The number of likely N-dealkylation sites (tertiary alicyclic amines) is 1. The van der Waals surface area contributed by atoms with Crippen molar-refractivity contribution in [2.24, 2.45) is 5.92 Å². The van der Waals surface area contributed by atoms with Gasteiger partial charge in [-0.1, -0.05) is 0 Å². The minimum atomic E-state index is -0.0843. The van der Waals surface area contributed by atoms with Crippen molar-refractivity contribution in [3.8, 4) is 5.75 Å². The molecule has 2 aromatic heterocycles. The first-order valence-electron chi connectivity index (χ1n) is 10.7. The lowest BCUT2D eigenvalue weighted by Crippen LogP contribution is -2.51. The average molecular weight is 399 g/mol. The van der Waals surface area contributed by atoms with Crippen LogP contribution in [0.25, 0.3) is 0 Å². The summed E-state index contributed by atoms with van der Waals surface area (Å²) in [6.07, 6.45) is 10.2. The molecular weight excluding hydrogens is 368 g/mol. The molecule has 2 aromatic rings. The second-order valence-electron chi connectivity index (χ2n) is 8.04. The summed E-state index contributed by atoms with van der Waals surface area (Å²) in [6, 6.07) is 5.64. The Hall–Kier alpha value is -2.41. The second kappa shape index (κ2) is 8.95. The van der Waals surface area contributed by atoms with Gasteiger partial charge in [-0.05, 0) is 63.1 Å². The number of carbonyl (C=O) groups excluding carboxylic acids is 1. The van der Waals surface area contributed by atoms with Gasteiger partial charge in [0, 0.05) is 38.6 Å². The Morgan fingerprint density at radius 3 is 2.93 bits per heavy atom. The molecule has 4 heterocycles. The summed E-state index contributed by atoms with van der Waals surface area (Å²) in [6.45, 7) is 5.70. The zero-order chi connectivity index (χ0) is 20.1. The van der Waals surface area contributed by atoms with Gasteiger partial charge in [0.05, 0.1) is 18.4 Å². The Morgan fingerprint density at radius 2 is 2.17 bits per heavy atom. The third-order valence-electron chi connectivity index (χ3n) is 6.22. The summed E-state index contributed by atoms with van der Waals surface area (Å²) in [7, 11) is 0. The van der Waals surface area contributed by atoms with Crippen molar-refractivity contribution in [3.05, 3.63) is 42.5 Å². The maximum Gasteiger partial charge on any atom is 0.272 e. The van der Waals surface area contributed by atoms with Crippen molar-refractivity contribution >= 4 is 5.91 Å². The number of aryl methyl sites for hydroxylation is 1. The van der Waals surface area contributed by atoms with Gasteiger partial charge in [0.1, 0.15) is 11.4 Å². The van der Waals surface area contributed by atoms with Crippen LogP contribution in [0.5, 0.6) is 5.75 Å². The van der Waals surface area contributed by atoms with Gasteiger partial charge >= 0.3 is 0 Å². The molecule has 7 heteroatoms. The summed E-state index contributed by atoms with van der Waals surface area (Å²) in [5.74, 6) is 1.51. The predicted molar refractivity (Wildman–Crippen MR) is 109 cm³/mol. The van der Waals surface area contributed by atoms with Gasteiger partial charge in [-0.25, -0.2) is 0 Å². The molecule has 0 radical (unpaired) electrons. The molecule has 0 N–H and O–H groups in total. The standard InChI is InChI=1S/C22H30N4O3/c1-2-26-20(5-11-24-26)21(27)25-12-8-22(9-13-25)16-18(7-15-29-22)6-14-28-19-4-3-10-23-17-19/h3-5,10-11,17-18H,2,6-9,12-16H2,1H3. The number of hydrogen-bond donors (Lipinski definition) is 0. The van der Waals surface area contributed by atoms with Gasteiger partial charge in [-0.3, -0.25) is 14.5 Å². The topological polar surface area (TPSA) is 69.5 Å². The third-order valence-corrected chi connectivity index (χ3v) is 6.22. The van der Waals surface area contributed by atoms with E-state index in [1.54, 1.807) is 23.3 Å². The Morgan fingerprint density at radius 1 is 1.31 bits per heavy atom. The molecule has 1 unspecified atom stereocenters. The summed E-state index contributed by atoms with van der Waals surface area (Å²) in [5.41, 5.74) is 0.595. The lowest BCUT2D eigenvalue weighted by Gasteiger charge is -2.46. The zero-order valence-electron chi connectivity index (χ0n) is 17.1. The first-order valence-corrected chi connectivity index (χ1v) is 10.7. The molecule has 29 heavy (non-hydrogen) atoms. The van der Waals surface area contributed by atoms with Crippen molar-refractivity contribution in [1.82, 2.24) is 19.7 Å². The maximum absolute atomic E-state index is 12.9. The fourth-order valence-electron chi connectivity index (χ4n) is 4.55. The molecule has 2 aliphatic rings. The van der Waals surface area contributed by atoms with Crippen LogP contribution in [0.2, 0.25) is 0 Å². The van der Waals surface area contributed by atoms with Crippen molar-refractivity contribution in [3.63, 3.8) is 0 Å². The molecule has 2 aliphatic heterocycles. The lowest BCUT2D eigenvalue weighted by molar-refractivity contribution is -0.125. The van der Waals surface area contributed by atoms with E-state index >= 15 is 0 Å². The quantitative estimate of drug-likeness (QED) is 0.748. The van der Waals surface area contributed by atoms with Crippen LogP contribution >= 0.6 is 0 Å². The van der Waals surface area contributed by atoms with Gasteiger partial charge in [0.15, 0.2) is 0 Å². The van der Waals surface area contributed by atoms with Crippen LogP contribution in [-0.4, -0.2) is 57.5 Å². The molecule has 0 aromatic carbocycles. The summed E-state index contributed by atoms with van der Waals surface area (Å²) in [4.78, 5) is 18.9. The van der Waals surface area contributed by atoms with Crippen LogP contribution in [0.15, 0.2) is 36.8 Å². The molecule has 1 spiro atoms. The van der Waals surface area contributed by atoms with Crippen LogP contribution in [0, 0.1) is 5.92 Å². The fraction of sp³-hybridized carbons (Fsp3) is 0.591. The lowest BCUT2D eigenvalue weighted by atomic mass is 9.78. The number of hydrogen-bond acceptors (Lipinski definition) is 5. The van der Waals surface area contributed by atoms with E-state index in [1.807, 2.05) is 30.0 Å². The number of pyridine rings is 1. The van der Waals surface area contributed by atoms with Gasteiger partial charge in [-0.2, -0.15) is 5.10 Å². The second-order valence-corrected chi connectivity index (χ2v) is 8.04. The number of carbonyl (C=O) groups is 1. The first kappa shape index (κ1) is 19.9.